The zero-order chi connectivity index (χ0) is 16.7. The molecule has 22 heavy (non-hydrogen) atoms. The molecule has 0 aliphatic rings. The zero-order valence-electron chi connectivity index (χ0n) is 14.0. The van der Waals surface area contributed by atoms with Gasteiger partial charge in [-0.25, -0.2) is 4.79 Å². The maximum absolute atomic E-state index is 12.1. The molecule has 0 bridgehead atoms. The summed E-state index contributed by atoms with van der Waals surface area (Å²) in [5, 5.41) is 0. The normalized spacial score (nSPS) is 11.2. The zero-order valence-corrected chi connectivity index (χ0v) is 14.0. The number of aryl methyl sites for hydroxylation is 1. The predicted octanol–water partition coefficient (Wildman–Crippen LogP) is 3.20. The van der Waals surface area contributed by atoms with Gasteiger partial charge in [0.15, 0.2) is 6.61 Å². The molecule has 0 spiro atoms. The van der Waals surface area contributed by atoms with Crippen LogP contribution in [0, 0.1) is 6.92 Å². The summed E-state index contributed by atoms with van der Waals surface area (Å²) < 4.78 is 5.01. The molecule has 1 aromatic carbocycles. The van der Waals surface area contributed by atoms with E-state index in [-0.39, 0.29) is 24.6 Å². The number of hydrogen-bond donors (Lipinski definition) is 0. The molecule has 0 saturated carbocycles. The van der Waals surface area contributed by atoms with Gasteiger partial charge in [-0.3, -0.25) is 4.79 Å². The van der Waals surface area contributed by atoms with E-state index in [2.05, 4.69) is 0 Å². The summed E-state index contributed by atoms with van der Waals surface area (Å²) >= 11 is 0. The molecule has 0 radical (unpaired) electrons. The average molecular weight is 303 g/mol. The SMILES string of the molecule is Cc1ccc(/C=C/C(=O)OCC(=O)N(C(C)C)C(C)C)cc1. The lowest BCUT2D eigenvalue weighted by molar-refractivity contribution is -0.150. The van der Waals surface area contributed by atoms with E-state index in [1.54, 1.807) is 11.0 Å². The van der Waals surface area contributed by atoms with E-state index in [9.17, 15) is 9.59 Å². The molecule has 0 saturated heterocycles. The van der Waals surface area contributed by atoms with Crippen molar-refractivity contribution in [1.29, 1.82) is 0 Å². The van der Waals surface area contributed by atoms with Gasteiger partial charge in [0.2, 0.25) is 0 Å². The van der Waals surface area contributed by atoms with Crippen molar-refractivity contribution in [3.05, 3.63) is 41.5 Å². The minimum atomic E-state index is -0.513. The quantitative estimate of drug-likeness (QED) is 0.599. The van der Waals surface area contributed by atoms with Crippen molar-refractivity contribution >= 4 is 18.0 Å². The van der Waals surface area contributed by atoms with Gasteiger partial charge in [-0.15, -0.1) is 0 Å². The monoisotopic (exact) mass is 303 g/mol. The summed E-state index contributed by atoms with van der Waals surface area (Å²) in [6, 6.07) is 7.94. The highest BCUT2D eigenvalue weighted by molar-refractivity contribution is 5.89. The summed E-state index contributed by atoms with van der Waals surface area (Å²) in [4.78, 5) is 25.4. The van der Waals surface area contributed by atoms with Crippen LogP contribution in [0.5, 0.6) is 0 Å². The smallest absolute Gasteiger partial charge is 0.331 e. The number of carbonyl (C=O) groups is 2. The molecule has 0 unspecified atom stereocenters. The highest BCUT2D eigenvalue weighted by atomic mass is 16.5. The summed E-state index contributed by atoms with van der Waals surface area (Å²) in [5.74, 6) is -0.691. The van der Waals surface area contributed by atoms with Crippen LogP contribution in [-0.4, -0.2) is 35.5 Å². The van der Waals surface area contributed by atoms with Crippen LogP contribution in [0.1, 0.15) is 38.8 Å². The average Bonchev–Trinajstić information content (AvgIpc) is 2.43. The second-order valence-corrected chi connectivity index (χ2v) is 5.84. The molecule has 120 valence electrons. The molecule has 0 atom stereocenters. The van der Waals surface area contributed by atoms with Crippen LogP contribution in [0.15, 0.2) is 30.3 Å². The summed E-state index contributed by atoms with van der Waals surface area (Å²) in [6.07, 6.45) is 3.02. The van der Waals surface area contributed by atoms with E-state index in [0.717, 1.165) is 11.1 Å². The first-order chi connectivity index (χ1) is 10.3. The van der Waals surface area contributed by atoms with Crippen molar-refractivity contribution < 1.29 is 14.3 Å². The molecule has 0 aliphatic heterocycles. The van der Waals surface area contributed by atoms with Gasteiger partial charge in [-0.1, -0.05) is 29.8 Å². The van der Waals surface area contributed by atoms with Gasteiger partial charge in [0, 0.05) is 18.2 Å². The maximum atomic E-state index is 12.1. The summed E-state index contributed by atoms with van der Waals surface area (Å²) in [5.41, 5.74) is 2.08. The van der Waals surface area contributed by atoms with Crippen LogP contribution in [0.3, 0.4) is 0 Å². The molecule has 0 heterocycles. The van der Waals surface area contributed by atoms with Gasteiger partial charge < -0.3 is 9.64 Å². The number of benzene rings is 1. The Bertz CT molecular complexity index is 522. The van der Waals surface area contributed by atoms with Gasteiger partial charge in [0.05, 0.1) is 0 Å². The Labute approximate surface area is 132 Å². The number of esters is 1. The summed E-state index contributed by atoms with van der Waals surface area (Å²) in [7, 11) is 0. The predicted molar refractivity (Wildman–Crippen MR) is 88.3 cm³/mol. The molecule has 0 aromatic heterocycles. The fraction of sp³-hybridized carbons (Fsp3) is 0.444. The van der Waals surface area contributed by atoms with Crippen molar-refractivity contribution in [1.82, 2.24) is 4.90 Å². The van der Waals surface area contributed by atoms with Gasteiger partial charge in [-0.2, -0.15) is 0 Å². The standard InChI is InChI=1S/C18H25NO3/c1-13(2)19(14(3)4)17(20)12-22-18(21)11-10-16-8-6-15(5)7-9-16/h6-11,13-14H,12H2,1-5H3/b11-10+. The Morgan fingerprint density at radius 2 is 1.64 bits per heavy atom. The van der Waals surface area contributed by atoms with E-state index < -0.39 is 5.97 Å². The number of nitrogens with zero attached hydrogens (tertiary/aromatic N) is 1. The highest BCUT2D eigenvalue weighted by Gasteiger charge is 2.20. The van der Waals surface area contributed by atoms with Crippen LogP contribution in [0.2, 0.25) is 0 Å². The maximum Gasteiger partial charge on any atom is 0.331 e. The molecular weight excluding hydrogens is 278 g/mol. The lowest BCUT2D eigenvalue weighted by Crippen LogP contribution is -2.44. The molecule has 1 rings (SSSR count). The van der Waals surface area contributed by atoms with E-state index in [1.807, 2.05) is 58.9 Å². The van der Waals surface area contributed by atoms with Crippen molar-refractivity contribution in [3.63, 3.8) is 0 Å². The van der Waals surface area contributed by atoms with Crippen LogP contribution >= 0.6 is 0 Å². The van der Waals surface area contributed by atoms with Gasteiger partial charge >= 0.3 is 5.97 Å². The Kier molecular flexibility index (Phi) is 6.83. The van der Waals surface area contributed by atoms with Crippen LogP contribution in [-0.2, 0) is 14.3 Å². The minimum absolute atomic E-state index is 0.0781. The second kappa shape index (κ2) is 8.37. The fourth-order valence-electron chi connectivity index (χ4n) is 2.27. The van der Waals surface area contributed by atoms with E-state index in [4.69, 9.17) is 4.74 Å². The number of ether oxygens (including phenoxy) is 1. The Morgan fingerprint density at radius 1 is 1.09 bits per heavy atom. The third-order valence-electron chi connectivity index (χ3n) is 3.23. The molecule has 0 aliphatic carbocycles. The highest BCUT2D eigenvalue weighted by Crippen LogP contribution is 2.07. The third-order valence-corrected chi connectivity index (χ3v) is 3.23. The first-order valence-corrected chi connectivity index (χ1v) is 7.54. The number of hydrogen-bond acceptors (Lipinski definition) is 3. The summed E-state index contributed by atoms with van der Waals surface area (Å²) in [6.45, 7) is 9.54. The van der Waals surface area contributed by atoms with Crippen LogP contribution < -0.4 is 0 Å². The molecular formula is C18H25NO3. The Hall–Kier alpha value is -2.10. The van der Waals surface area contributed by atoms with Crippen molar-refractivity contribution in [3.8, 4) is 0 Å². The molecule has 4 heteroatoms. The van der Waals surface area contributed by atoms with E-state index >= 15 is 0 Å². The number of carbonyl (C=O) groups excluding carboxylic acids is 2. The van der Waals surface area contributed by atoms with Crippen molar-refractivity contribution in [2.75, 3.05) is 6.61 Å². The molecule has 1 aromatic rings. The van der Waals surface area contributed by atoms with Gasteiger partial charge in [0.25, 0.3) is 5.91 Å². The molecule has 0 N–H and O–H groups in total. The molecule has 4 nitrogen and oxygen atoms in total. The fourth-order valence-corrected chi connectivity index (χ4v) is 2.27. The Morgan fingerprint density at radius 3 is 2.14 bits per heavy atom. The van der Waals surface area contributed by atoms with E-state index in [0.29, 0.717) is 0 Å². The second-order valence-electron chi connectivity index (χ2n) is 5.84. The van der Waals surface area contributed by atoms with Crippen LogP contribution in [0.25, 0.3) is 6.08 Å². The largest absolute Gasteiger partial charge is 0.452 e. The van der Waals surface area contributed by atoms with Gasteiger partial charge in [0.1, 0.15) is 0 Å². The lowest BCUT2D eigenvalue weighted by atomic mass is 10.1. The number of amides is 1. The van der Waals surface area contributed by atoms with Gasteiger partial charge in [-0.05, 0) is 46.3 Å². The van der Waals surface area contributed by atoms with Crippen molar-refractivity contribution in [2.24, 2.45) is 0 Å². The third kappa shape index (κ3) is 5.72. The number of rotatable bonds is 6. The Balaban J connectivity index is 2.52. The first-order valence-electron chi connectivity index (χ1n) is 7.54. The minimum Gasteiger partial charge on any atom is -0.452 e. The molecule has 1 amide bonds. The lowest BCUT2D eigenvalue weighted by Gasteiger charge is -2.30. The first kappa shape index (κ1) is 18.0. The van der Waals surface area contributed by atoms with Crippen molar-refractivity contribution in [2.45, 2.75) is 46.7 Å². The molecule has 0 fully saturated rings. The van der Waals surface area contributed by atoms with E-state index in [1.165, 1.54) is 6.08 Å². The topological polar surface area (TPSA) is 46.6 Å². The van der Waals surface area contributed by atoms with Crippen LogP contribution in [0.4, 0.5) is 0 Å².